The maximum absolute atomic E-state index is 14.0. The van der Waals surface area contributed by atoms with E-state index < -0.39 is 26.4 Å². The minimum atomic E-state index is -1.53. The fourth-order valence-corrected chi connectivity index (χ4v) is 7.73. The predicted molar refractivity (Wildman–Crippen MR) is 122 cm³/mol. The summed E-state index contributed by atoms with van der Waals surface area (Å²) < 4.78 is 18.2. The van der Waals surface area contributed by atoms with Crippen LogP contribution in [0.25, 0.3) is 0 Å². The summed E-state index contributed by atoms with van der Waals surface area (Å²) in [7, 11) is -1.53. The lowest BCUT2D eigenvalue weighted by atomic mass is 9.81. The van der Waals surface area contributed by atoms with Gasteiger partial charge < -0.3 is 9.84 Å². The topological polar surface area (TPSA) is 63.6 Å². The van der Waals surface area contributed by atoms with E-state index in [9.17, 15) is 14.1 Å². The predicted octanol–water partition coefficient (Wildman–Crippen LogP) is 5.16. The fourth-order valence-electron chi connectivity index (χ4n) is 3.97. The van der Waals surface area contributed by atoms with Crippen LogP contribution in [0.2, 0.25) is 0 Å². The third-order valence-electron chi connectivity index (χ3n) is 5.64. The Morgan fingerprint density at radius 1 is 1.03 bits per heavy atom. The van der Waals surface area contributed by atoms with E-state index in [0.29, 0.717) is 17.7 Å². The molecule has 2 aromatic carbocycles. The van der Waals surface area contributed by atoms with Gasteiger partial charge in [-0.15, -0.1) is 11.8 Å². The van der Waals surface area contributed by atoms with Crippen molar-refractivity contribution in [3.63, 3.8) is 0 Å². The SMILES string of the molecule is CCOC(=O)C[C@@]1(O)CCCC[C@]1(Sc1ccc(C)cc1)S(=O)c1ccc(C)cc1. The number of esters is 1. The number of carbonyl (C=O) groups is 1. The Morgan fingerprint density at radius 2 is 1.60 bits per heavy atom. The number of benzene rings is 2. The highest BCUT2D eigenvalue weighted by atomic mass is 32.2. The van der Waals surface area contributed by atoms with E-state index in [4.69, 9.17) is 4.74 Å². The minimum absolute atomic E-state index is 0.155. The summed E-state index contributed by atoms with van der Waals surface area (Å²) in [5.74, 6) is -0.448. The van der Waals surface area contributed by atoms with Gasteiger partial charge in [0.25, 0.3) is 0 Å². The summed E-state index contributed by atoms with van der Waals surface area (Å²) in [4.78, 5) is 14.0. The average Bonchev–Trinajstić information content (AvgIpc) is 2.71. The van der Waals surface area contributed by atoms with Crippen molar-refractivity contribution in [2.24, 2.45) is 0 Å². The normalized spacial score (nSPS) is 24.9. The Labute approximate surface area is 185 Å². The number of aryl methyl sites for hydroxylation is 2. The van der Waals surface area contributed by atoms with Crippen LogP contribution >= 0.6 is 11.8 Å². The number of thioether (sulfide) groups is 1. The highest BCUT2D eigenvalue weighted by Crippen LogP contribution is 2.54. The third kappa shape index (κ3) is 4.82. The van der Waals surface area contributed by atoms with Crippen molar-refractivity contribution < 1.29 is 18.8 Å². The molecule has 0 aliphatic heterocycles. The van der Waals surface area contributed by atoms with E-state index in [-0.39, 0.29) is 13.0 Å². The van der Waals surface area contributed by atoms with Crippen molar-refractivity contribution in [3.8, 4) is 0 Å². The van der Waals surface area contributed by atoms with Crippen molar-refractivity contribution in [1.29, 1.82) is 0 Å². The summed E-state index contributed by atoms with van der Waals surface area (Å²) in [5.41, 5.74) is 0.794. The van der Waals surface area contributed by atoms with Gasteiger partial charge in [0, 0.05) is 9.79 Å². The highest BCUT2D eigenvalue weighted by molar-refractivity contribution is 8.12. The zero-order valence-electron chi connectivity index (χ0n) is 17.8. The molecule has 0 saturated heterocycles. The fraction of sp³-hybridized carbons (Fsp3) is 0.458. The van der Waals surface area contributed by atoms with Crippen molar-refractivity contribution in [2.45, 2.75) is 72.3 Å². The first-order valence-corrected chi connectivity index (χ1v) is 12.4. The van der Waals surface area contributed by atoms with Crippen molar-refractivity contribution >= 4 is 28.5 Å². The van der Waals surface area contributed by atoms with Gasteiger partial charge in [-0.1, -0.05) is 48.2 Å². The van der Waals surface area contributed by atoms with Crippen LogP contribution in [-0.4, -0.2) is 31.6 Å². The molecule has 0 heterocycles. The van der Waals surface area contributed by atoms with Gasteiger partial charge in [-0.25, -0.2) is 0 Å². The first-order valence-electron chi connectivity index (χ1n) is 10.4. The number of aliphatic hydroxyl groups is 1. The molecule has 0 amide bonds. The van der Waals surface area contributed by atoms with Gasteiger partial charge >= 0.3 is 5.97 Å². The number of carbonyl (C=O) groups excluding carboxylic acids is 1. The number of hydrogen-bond donors (Lipinski definition) is 1. The second-order valence-electron chi connectivity index (χ2n) is 7.97. The van der Waals surface area contributed by atoms with Crippen LogP contribution in [-0.2, 0) is 20.3 Å². The van der Waals surface area contributed by atoms with E-state index in [2.05, 4.69) is 0 Å². The van der Waals surface area contributed by atoms with Crippen LogP contribution in [0.5, 0.6) is 0 Å². The summed E-state index contributed by atoms with van der Waals surface area (Å²) in [6.07, 6.45) is 2.46. The number of rotatable bonds is 7. The van der Waals surface area contributed by atoms with E-state index >= 15 is 0 Å². The smallest absolute Gasteiger partial charge is 0.308 e. The second-order valence-corrected chi connectivity index (χ2v) is 11.3. The van der Waals surface area contributed by atoms with Gasteiger partial charge in [0.05, 0.1) is 23.8 Å². The molecule has 0 aromatic heterocycles. The van der Waals surface area contributed by atoms with Crippen molar-refractivity contribution in [1.82, 2.24) is 0 Å². The first-order chi connectivity index (χ1) is 14.3. The summed E-state index contributed by atoms with van der Waals surface area (Å²) >= 11 is 1.44. The number of ether oxygens (including phenoxy) is 1. The summed E-state index contributed by atoms with van der Waals surface area (Å²) in [5, 5.41) is 11.9. The monoisotopic (exact) mass is 446 g/mol. The van der Waals surface area contributed by atoms with Crippen molar-refractivity contribution in [3.05, 3.63) is 59.7 Å². The largest absolute Gasteiger partial charge is 0.466 e. The van der Waals surface area contributed by atoms with Crippen LogP contribution < -0.4 is 0 Å². The van der Waals surface area contributed by atoms with Crippen LogP contribution in [0.15, 0.2) is 58.3 Å². The van der Waals surface area contributed by atoms with E-state index in [1.165, 1.54) is 11.8 Å². The standard InChI is InChI=1S/C24H30O4S2/c1-4-28-22(25)17-23(26)15-5-6-16-24(23,29-20-11-7-18(2)8-12-20)30(27)21-13-9-19(3)10-14-21/h7-14,26H,4-6,15-17H2,1-3H3/t23-,24-,30?/m0/s1. The molecule has 1 unspecified atom stereocenters. The Kier molecular flexibility index (Phi) is 7.43. The molecule has 3 rings (SSSR count). The van der Waals surface area contributed by atoms with Gasteiger partial charge in [-0.3, -0.25) is 9.00 Å². The van der Waals surface area contributed by atoms with Crippen LogP contribution in [0.3, 0.4) is 0 Å². The van der Waals surface area contributed by atoms with E-state index in [0.717, 1.165) is 28.9 Å². The lowest BCUT2D eigenvalue weighted by Gasteiger charge is -2.48. The zero-order valence-corrected chi connectivity index (χ0v) is 19.5. The maximum Gasteiger partial charge on any atom is 0.308 e. The van der Waals surface area contributed by atoms with Gasteiger partial charge in [-0.05, 0) is 57.9 Å². The summed E-state index contributed by atoms with van der Waals surface area (Å²) in [6, 6.07) is 15.6. The lowest BCUT2D eigenvalue weighted by molar-refractivity contribution is -0.150. The Bertz CT molecular complexity index is 894. The molecule has 162 valence electrons. The van der Waals surface area contributed by atoms with Crippen LogP contribution in [0.4, 0.5) is 0 Å². The molecule has 1 aliphatic carbocycles. The molecule has 1 saturated carbocycles. The quantitative estimate of drug-likeness (QED) is 0.595. The molecule has 30 heavy (non-hydrogen) atoms. The van der Waals surface area contributed by atoms with Crippen LogP contribution in [0.1, 0.15) is 50.2 Å². The van der Waals surface area contributed by atoms with Gasteiger partial charge in [-0.2, -0.15) is 0 Å². The molecule has 0 bridgehead atoms. The molecular formula is C24H30O4S2. The van der Waals surface area contributed by atoms with Gasteiger partial charge in [0.15, 0.2) is 0 Å². The molecule has 2 aromatic rings. The maximum atomic E-state index is 14.0. The number of hydrogen-bond acceptors (Lipinski definition) is 5. The Balaban J connectivity index is 2.08. The Hall–Kier alpha value is -1.63. The molecule has 6 heteroatoms. The second kappa shape index (κ2) is 9.67. The molecule has 1 aliphatic rings. The zero-order chi connectivity index (χ0) is 21.8. The molecule has 1 fully saturated rings. The molecular weight excluding hydrogens is 416 g/mol. The molecule has 0 radical (unpaired) electrons. The van der Waals surface area contributed by atoms with Gasteiger partial charge in [0.1, 0.15) is 9.68 Å². The molecule has 0 spiro atoms. The highest BCUT2D eigenvalue weighted by Gasteiger charge is 2.58. The summed E-state index contributed by atoms with van der Waals surface area (Å²) in [6.45, 7) is 6.02. The average molecular weight is 447 g/mol. The van der Waals surface area contributed by atoms with Gasteiger partial charge in [0.2, 0.25) is 0 Å². The van der Waals surface area contributed by atoms with E-state index in [1.54, 1.807) is 6.92 Å². The molecule has 1 N–H and O–H groups in total. The lowest BCUT2D eigenvalue weighted by Crippen LogP contribution is -2.57. The molecule has 4 nitrogen and oxygen atoms in total. The molecule has 3 atom stereocenters. The third-order valence-corrected chi connectivity index (χ3v) is 9.64. The Morgan fingerprint density at radius 3 is 2.20 bits per heavy atom. The van der Waals surface area contributed by atoms with E-state index in [1.807, 2.05) is 62.4 Å². The first kappa shape index (κ1) is 23.0. The van der Waals surface area contributed by atoms with Crippen LogP contribution in [0, 0.1) is 13.8 Å². The van der Waals surface area contributed by atoms with Crippen molar-refractivity contribution in [2.75, 3.05) is 6.61 Å². The minimum Gasteiger partial charge on any atom is -0.466 e.